The van der Waals surface area contributed by atoms with E-state index in [0.717, 1.165) is 71.6 Å². The van der Waals surface area contributed by atoms with Crippen LogP contribution >= 0.6 is 11.3 Å². The molecule has 4 aliphatic rings. The van der Waals surface area contributed by atoms with Crippen LogP contribution in [0, 0.1) is 5.92 Å². The third-order valence-corrected chi connectivity index (χ3v) is 10.4. The predicted octanol–water partition coefficient (Wildman–Crippen LogP) is 7.41. The molecule has 2 aliphatic carbocycles. The number of benzene rings is 1. The first-order valence-electron chi connectivity index (χ1n) is 14.3. The molecule has 7 nitrogen and oxygen atoms in total. The third kappa shape index (κ3) is 4.78. The molecule has 1 N–H and O–H groups in total. The van der Waals surface area contributed by atoms with Gasteiger partial charge < -0.3 is 19.3 Å². The number of aromatic nitrogens is 2. The molecule has 3 aromatic rings. The van der Waals surface area contributed by atoms with Crippen molar-refractivity contribution in [1.29, 1.82) is 0 Å². The van der Waals surface area contributed by atoms with E-state index in [1.807, 2.05) is 0 Å². The summed E-state index contributed by atoms with van der Waals surface area (Å²) in [5, 5.41) is 14.5. The molecule has 2 saturated heterocycles. The van der Waals surface area contributed by atoms with Crippen LogP contribution in [0.5, 0.6) is 0 Å². The van der Waals surface area contributed by atoms with Gasteiger partial charge in [-0.1, -0.05) is 29.3 Å². The SMILES string of the molecule is O=C(O)c1ccc2nc(N3C4CCC3CC(OCc3c([C@H]5CCCC[C@@H]5C(F)(F)F)noc3C3CC3)C4)sc2c1. The second kappa shape index (κ2) is 10.0. The van der Waals surface area contributed by atoms with Crippen molar-refractivity contribution in [2.45, 2.75) is 107 Å². The van der Waals surface area contributed by atoms with E-state index in [0.29, 0.717) is 18.5 Å². The zero-order valence-electron chi connectivity index (χ0n) is 22.0. The van der Waals surface area contributed by atoms with Crippen molar-refractivity contribution in [3.8, 4) is 0 Å². The maximum absolute atomic E-state index is 13.9. The lowest BCUT2D eigenvalue weighted by atomic mass is 9.76. The van der Waals surface area contributed by atoms with Crippen molar-refractivity contribution in [3.05, 3.63) is 40.8 Å². The predicted molar refractivity (Wildman–Crippen MR) is 143 cm³/mol. The van der Waals surface area contributed by atoms with Gasteiger partial charge in [-0.05, 0) is 69.6 Å². The minimum absolute atomic E-state index is 0.00122. The second-order valence-electron chi connectivity index (χ2n) is 11.9. The summed E-state index contributed by atoms with van der Waals surface area (Å²) >= 11 is 1.53. The molecule has 4 heterocycles. The van der Waals surface area contributed by atoms with Crippen LogP contribution in [0.15, 0.2) is 22.7 Å². The normalized spacial score (nSPS) is 28.9. The number of rotatable bonds is 7. The highest BCUT2D eigenvalue weighted by Crippen LogP contribution is 2.50. The van der Waals surface area contributed by atoms with Crippen LogP contribution in [0.2, 0.25) is 0 Å². The average Bonchev–Trinajstić information content (AvgIpc) is 3.44. The number of anilines is 1. The molecular formula is C29H32F3N3O4S. The van der Waals surface area contributed by atoms with Gasteiger partial charge in [0.05, 0.1) is 40.1 Å². The van der Waals surface area contributed by atoms with Crippen molar-refractivity contribution < 1.29 is 32.3 Å². The lowest BCUT2D eigenvalue weighted by molar-refractivity contribution is -0.187. The number of aromatic carboxylic acids is 1. The summed E-state index contributed by atoms with van der Waals surface area (Å²) in [4.78, 5) is 18.6. The molecule has 214 valence electrons. The number of carbonyl (C=O) groups is 1. The number of carboxylic acids is 1. The van der Waals surface area contributed by atoms with Gasteiger partial charge in [-0.2, -0.15) is 13.2 Å². The zero-order chi connectivity index (χ0) is 27.6. The number of ether oxygens (including phenoxy) is 1. The van der Waals surface area contributed by atoms with Crippen molar-refractivity contribution >= 4 is 32.7 Å². The van der Waals surface area contributed by atoms with Gasteiger partial charge in [0.1, 0.15) is 5.76 Å². The molecule has 2 saturated carbocycles. The molecular weight excluding hydrogens is 543 g/mol. The minimum Gasteiger partial charge on any atom is -0.478 e. The second-order valence-corrected chi connectivity index (χ2v) is 12.9. The highest BCUT2D eigenvalue weighted by atomic mass is 32.1. The van der Waals surface area contributed by atoms with Crippen molar-refractivity contribution in [2.75, 3.05) is 4.90 Å². The summed E-state index contributed by atoms with van der Waals surface area (Å²) in [5.41, 5.74) is 2.29. The van der Waals surface area contributed by atoms with Gasteiger partial charge in [0.2, 0.25) is 0 Å². The number of alkyl halides is 3. The largest absolute Gasteiger partial charge is 0.478 e. The van der Waals surface area contributed by atoms with E-state index in [1.165, 1.54) is 11.3 Å². The van der Waals surface area contributed by atoms with Gasteiger partial charge in [-0.3, -0.25) is 0 Å². The standard InChI is InChI=1S/C29H32F3N3O4S/c30-29(31,32)22-4-2-1-3-20(22)25-21(26(39-34-25)15-5-6-15)14-38-19-12-17-8-9-18(13-19)35(17)28-33-23-10-7-16(27(36)37)11-24(23)40-28/h7,10-11,15,17-20,22H,1-6,8-9,12-14H2,(H,36,37)/t17?,18?,19?,20-,22-/m0/s1. The monoisotopic (exact) mass is 575 g/mol. The first kappa shape index (κ1) is 26.3. The summed E-state index contributed by atoms with van der Waals surface area (Å²) in [5.74, 6) is -2.02. The topological polar surface area (TPSA) is 88.7 Å². The Morgan fingerprint density at radius 1 is 1.10 bits per heavy atom. The molecule has 2 aromatic heterocycles. The first-order valence-corrected chi connectivity index (χ1v) is 15.2. The van der Waals surface area contributed by atoms with Crippen molar-refractivity contribution in [1.82, 2.24) is 10.1 Å². The molecule has 11 heteroatoms. The Morgan fingerprint density at radius 3 is 2.55 bits per heavy atom. The molecule has 0 amide bonds. The summed E-state index contributed by atoms with van der Waals surface area (Å²) in [6, 6.07) is 5.56. The summed E-state index contributed by atoms with van der Waals surface area (Å²) in [6.07, 6.45) is 3.40. The van der Waals surface area contributed by atoms with E-state index < -0.39 is 24.0 Å². The molecule has 2 aliphatic heterocycles. The van der Waals surface area contributed by atoms with Crippen LogP contribution in [-0.2, 0) is 11.3 Å². The van der Waals surface area contributed by atoms with Crippen LogP contribution in [0.3, 0.4) is 0 Å². The van der Waals surface area contributed by atoms with E-state index >= 15 is 0 Å². The molecule has 1 aromatic carbocycles. The molecule has 0 spiro atoms. The van der Waals surface area contributed by atoms with E-state index in [2.05, 4.69) is 10.1 Å². The maximum Gasteiger partial charge on any atom is 0.392 e. The van der Waals surface area contributed by atoms with E-state index in [-0.39, 0.29) is 42.7 Å². The van der Waals surface area contributed by atoms with Gasteiger partial charge in [-0.25, -0.2) is 9.78 Å². The van der Waals surface area contributed by atoms with E-state index in [1.54, 1.807) is 18.2 Å². The van der Waals surface area contributed by atoms with Crippen LogP contribution in [-0.4, -0.2) is 45.6 Å². The van der Waals surface area contributed by atoms with Crippen molar-refractivity contribution in [3.63, 3.8) is 0 Å². The first-order chi connectivity index (χ1) is 19.3. The average molecular weight is 576 g/mol. The molecule has 2 bridgehead atoms. The Kier molecular flexibility index (Phi) is 6.57. The molecule has 2 unspecified atom stereocenters. The quantitative estimate of drug-likeness (QED) is 0.314. The smallest absolute Gasteiger partial charge is 0.392 e. The highest BCUT2D eigenvalue weighted by Gasteiger charge is 2.49. The maximum atomic E-state index is 13.9. The molecule has 7 rings (SSSR count). The molecule has 40 heavy (non-hydrogen) atoms. The summed E-state index contributed by atoms with van der Waals surface area (Å²) in [7, 11) is 0. The lowest BCUT2D eigenvalue weighted by Crippen LogP contribution is -2.45. The number of halogens is 3. The Balaban J connectivity index is 1.08. The Hall–Kier alpha value is -2.66. The van der Waals surface area contributed by atoms with Gasteiger partial charge in [0.25, 0.3) is 0 Å². The van der Waals surface area contributed by atoms with Crippen LogP contribution < -0.4 is 4.90 Å². The fraction of sp³-hybridized carbons (Fsp3) is 0.621. The highest BCUT2D eigenvalue weighted by molar-refractivity contribution is 7.22. The minimum atomic E-state index is -4.25. The van der Waals surface area contributed by atoms with Gasteiger partial charge in [0, 0.05) is 29.5 Å². The number of piperidine rings is 1. The number of hydrogen-bond donors (Lipinski definition) is 1. The fourth-order valence-electron chi connectivity index (χ4n) is 7.22. The van der Waals surface area contributed by atoms with Crippen molar-refractivity contribution in [2.24, 2.45) is 5.92 Å². The van der Waals surface area contributed by atoms with Gasteiger partial charge in [-0.15, -0.1) is 0 Å². The zero-order valence-corrected chi connectivity index (χ0v) is 22.8. The summed E-state index contributed by atoms with van der Waals surface area (Å²) in [6.45, 7) is 0.245. The lowest BCUT2D eigenvalue weighted by Gasteiger charge is -2.38. The number of thiazole rings is 1. The molecule has 0 radical (unpaired) electrons. The number of fused-ring (bicyclic) bond motifs is 3. The van der Waals surface area contributed by atoms with Gasteiger partial charge >= 0.3 is 12.1 Å². The fourth-order valence-corrected chi connectivity index (χ4v) is 8.37. The van der Waals surface area contributed by atoms with Gasteiger partial charge in [0.15, 0.2) is 5.13 Å². The van der Waals surface area contributed by atoms with Crippen LogP contribution in [0.25, 0.3) is 10.2 Å². The number of hydrogen-bond acceptors (Lipinski definition) is 7. The van der Waals surface area contributed by atoms with E-state index in [9.17, 15) is 23.1 Å². The summed E-state index contributed by atoms with van der Waals surface area (Å²) < 4.78 is 54.8. The Labute approximate surface area is 233 Å². The van der Waals surface area contributed by atoms with Crippen LogP contribution in [0.1, 0.15) is 103 Å². The number of carboxylic acid groups (broad SMARTS) is 1. The van der Waals surface area contributed by atoms with Crippen LogP contribution in [0.4, 0.5) is 18.3 Å². The Bertz CT molecular complexity index is 1400. The third-order valence-electron chi connectivity index (χ3n) is 9.33. The molecule has 4 atom stereocenters. The Morgan fingerprint density at radius 2 is 1.85 bits per heavy atom. The number of nitrogens with zero attached hydrogens (tertiary/aromatic N) is 3. The van der Waals surface area contributed by atoms with E-state index in [4.69, 9.17) is 14.2 Å². The molecule has 4 fully saturated rings.